The highest BCUT2D eigenvalue weighted by molar-refractivity contribution is 5.70. The smallest absolute Gasteiger partial charge is 0.304 e. The van der Waals surface area contributed by atoms with E-state index in [4.69, 9.17) is 5.11 Å². The minimum Gasteiger partial charge on any atom is -0.481 e. The first-order valence-electron chi connectivity index (χ1n) is 5.68. The fraction of sp³-hybridized carbons (Fsp3) is 0.538. The number of carbonyl (C=O) groups is 1. The quantitative estimate of drug-likeness (QED) is 0.846. The molecule has 0 aliphatic heterocycles. The molecule has 0 bridgehead atoms. The van der Waals surface area contributed by atoms with E-state index in [1.165, 1.54) is 0 Å². The summed E-state index contributed by atoms with van der Waals surface area (Å²) in [7, 11) is 0. The summed E-state index contributed by atoms with van der Waals surface area (Å²) in [6.45, 7) is 4.31. The number of hydrogen-bond donors (Lipinski definition) is 1. The molecule has 0 aromatic carbocycles. The van der Waals surface area contributed by atoms with Crippen LogP contribution < -0.4 is 0 Å². The Morgan fingerprint density at radius 2 is 2.44 bits per heavy atom. The third-order valence-corrected chi connectivity index (χ3v) is 3.64. The van der Waals surface area contributed by atoms with Gasteiger partial charge in [0.25, 0.3) is 0 Å². The highest BCUT2D eigenvalue weighted by Gasteiger charge is 2.57. The van der Waals surface area contributed by atoms with E-state index < -0.39 is 5.97 Å². The molecule has 0 saturated heterocycles. The number of nitrogens with zero attached hydrogens (tertiary/aromatic N) is 1. The monoisotopic (exact) mass is 219 g/mol. The van der Waals surface area contributed by atoms with Gasteiger partial charge in [-0.1, -0.05) is 19.9 Å². The van der Waals surface area contributed by atoms with Crippen molar-refractivity contribution in [1.82, 2.24) is 4.98 Å². The number of aliphatic carboxylic acids is 1. The molecular weight excluding hydrogens is 202 g/mol. The van der Waals surface area contributed by atoms with Gasteiger partial charge in [0, 0.05) is 17.8 Å². The molecule has 2 unspecified atom stereocenters. The Kier molecular flexibility index (Phi) is 2.70. The molecule has 16 heavy (non-hydrogen) atoms. The van der Waals surface area contributed by atoms with Crippen LogP contribution in [0.25, 0.3) is 0 Å². The van der Waals surface area contributed by atoms with Crippen molar-refractivity contribution < 1.29 is 9.90 Å². The van der Waals surface area contributed by atoms with E-state index in [0.717, 1.165) is 12.0 Å². The van der Waals surface area contributed by atoms with Crippen molar-refractivity contribution >= 4 is 5.97 Å². The molecule has 0 spiro atoms. The molecule has 1 fully saturated rings. The van der Waals surface area contributed by atoms with Crippen LogP contribution in [0.5, 0.6) is 0 Å². The van der Waals surface area contributed by atoms with Crippen molar-refractivity contribution in [3.05, 3.63) is 30.1 Å². The maximum atomic E-state index is 11.0. The molecule has 1 aliphatic carbocycles. The van der Waals surface area contributed by atoms with E-state index >= 15 is 0 Å². The molecule has 1 saturated carbocycles. The average Bonchev–Trinajstić information content (AvgIpc) is 2.94. The molecule has 0 radical (unpaired) electrons. The van der Waals surface area contributed by atoms with Crippen LogP contribution in [0.2, 0.25) is 0 Å². The van der Waals surface area contributed by atoms with E-state index in [2.05, 4.69) is 18.8 Å². The number of aromatic nitrogens is 1. The highest BCUT2D eigenvalue weighted by Crippen LogP contribution is 2.59. The van der Waals surface area contributed by atoms with Gasteiger partial charge in [-0.25, -0.2) is 0 Å². The number of pyridine rings is 1. The zero-order chi connectivity index (χ0) is 11.8. The Morgan fingerprint density at radius 1 is 1.69 bits per heavy atom. The Balaban J connectivity index is 2.28. The maximum Gasteiger partial charge on any atom is 0.304 e. The third kappa shape index (κ3) is 1.82. The highest BCUT2D eigenvalue weighted by atomic mass is 16.4. The van der Waals surface area contributed by atoms with Gasteiger partial charge in [0.05, 0.1) is 6.42 Å². The van der Waals surface area contributed by atoms with E-state index in [9.17, 15) is 4.79 Å². The summed E-state index contributed by atoms with van der Waals surface area (Å²) in [6, 6.07) is 3.88. The lowest BCUT2D eigenvalue weighted by Gasteiger charge is -2.17. The van der Waals surface area contributed by atoms with Gasteiger partial charge in [0.2, 0.25) is 0 Å². The number of rotatable bonds is 4. The molecular formula is C13H17NO2. The molecule has 2 rings (SSSR count). The minimum absolute atomic E-state index is 0.158. The van der Waals surface area contributed by atoms with Crippen molar-refractivity contribution in [3.63, 3.8) is 0 Å². The summed E-state index contributed by atoms with van der Waals surface area (Å²) >= 11 is 0. The molecule has 1 heterocycles. The maximum absolute atomic E-state index is 11.0. The first-order valence-corrected chi connectivity index (χ1v) is 5.68. The Bertz CT molecular complexity index is 388. The van der Waals surface area contributed by atoms with Crippen molar-refractivity contribution in [2.75, 3.05) is 0 Å². The molecule has 1 aliphatic rings. The first-order chi connectivity index (χ1) is 7.56. The summed E-state index contributed by atoms with van der Waals surface area (Å²) in [5.41, 5.74) is 0.921. The second kappa shape index (κ2) is 3.89. The summed E-state index contributed by atoms with van der Waals surface area (Å²) in [4.78, 5) is 15.1. The first kappa shape index (κ1) is 11.1. The molecule has 1 aromatic heterocycles. The molecule has 0 amide bonds. The summed E-state index contributed by atoms with van der Waals surface area (Å²) in [6.07, 6.45) is 4.74. The standard InChI is InChI=1S/C13H17NO2/c1-9(2)11-6-13(11,7-12(15)16)10-4-3-5-14-8-10/h3-5,8-9,11H,6-7H2,1-2H3,(H,15,16). The predicted molar refractivity (Wildman–Crippen MR) is 61.1 cm³/mol. The Hall–Kier alpha value is -1.38. The second-order valence-corrected chi connectivity index (χ2v) is 5.02. The van der Waals surface area contributed by atoms with Gasteiger partial charge >= 0.3 is 5.97 Å². The van der Waals surface area contributed by atoms with Gasteiger partial charge in [0.1, 0.15) is 0 Å². The zero-order valence-electron chi connectivity index (χ0n) is 9.68. The molecule has 1 N–H and O–H groups in total. The summed E-state index contributed by atoms with van der Waals surface area (Å²) in [5, 5.41) is 9.03. The van der Waals surface area contributed by atoms with Crippen molar-refractivity contribution in [2.24, 2.45) is 11.8 Å². The van der Waals surface area contributed by atoms with Crippen LogP contribution in [-0.2, 0) is 10.2 Å². The van der Waals surface area contributed by atoms with E-state index in [0.29, 0.717) is 11.8 Å². The Labute approximate surface area is 95.5 Å². The lowest BCUT2D eigenvalue weighted by Crippen LogP contribution is -2.18. The third-order valence-electron chi connectivity index (χ3n) is 3.64. The van der Waals surface area contributed by atoms with Crippen molar-refractivity contribution in [2.45, 2.75) is 32.1 Å². The Morgan fingerprint density at radius 3 is 2.88 bits per heavy atom. The summed E-state index contributed by atoms with van der Waals surface area (Å²) < 4.78 is 0. The van der Waals surface area contributed by atoms with Crippen LogP contribution in [0.4, 0.5) is 0 Å². The van der Waals surface area contributed by atoms with Gasteiger partial charge in [0.15, 0.2) is 0 Å². The fourth-order valence-electron chi connectivity index (χ4n) is 2.77. The summed E-state index contributed by atoms with van der Waals surface area (Å²) in [5.74, 6) is 0.291. The van der Waals surface area contributed by atoms with Crippen LogP contribution >= 0.6 is 0 Å². The molecule has 3 heteroatoms. The van der Waals surface area contributed by atoms with Crippen molar-refractivity contribution in [1.29, 1.82) is 0 Å². The number of carboxylic acids is 1. The largest absolute Gasteiger partial charge is 0.481 e. The fourth-order valence-corrected chi connectivity index (χ4v) is 2.77. The van der Waals surface area contributed by atoms with E-state index in [-0.39, 0.29) is 11.8 Å². The molecule has 2 atom stereocenters. The van der Waals surface area contributed by atoms with Crippen LogP contribution in [0, 0.1) is 11.8 Å². The van der Waals surface area contributed by atoms with Crippen LogP contribution in [0.1, 0.15) is 32.3 Å². The second-order valence-electron chi connectivity index (χ2n) is 5.02. The molecule has 86 valence electrons. The number of carboxylic acid groups (broad SMARTS) is 1. The van der Waals surface area contributed by atoms with Gasteiger partial charge < -0.3 is 5.11 Å². The van der Waals surface area contributed by atoms with Crippen LogP contribution in [0.15, 0.2) is 24.5 Å². The zero-order valence-corrected chi connectivity index (χ0v) is 9.68. The van der Waals surface area contributed by atoms with Crippen LogP contribution in [0.3, 0.4) is 0 Å². The average molecular weight is 219 g/mol. The normalized spacial score (nSPS) is 28.1. The van der Waals surface area contributed by atoms with Gasteiger partial charge in [-0.3, -0.25) is 9.78 Å². The molecule has 1 aromatic rings. The lowest BCUT2D eigenvalue weighted by atomic mass is 9.87. The van der Waals surface area contributed by atoms with Crippen LogP contribution in [-0.4, -0.2) is 16.1 Å². The van der Waals surface area contributed by atoms with E-state index in [1.54, 1.807) is 6.20 Å². The SMILES string of the molecule is CC(C)C1CC1(CC(=O)O)c1cccnc1. The topological polar surface area (TPSA) is 50.2 Å². The predicted octanol–water partition coefficient (Wildman–Crippen LogP) is 2.47. The van der Waals surface area contributed by atoms with Gasteiger partial charge in [-0.05, 0) is 29.9 Å². The van der Waals surface area contributed by atoms with Crippen molar-refractivity contribution in [3.8, 4) is 0 Å². The van der Waals surface area contributed by atoms with Gasteiger partial charge in [-0.15, -0.1) is 0 Å². The van der Waals surface area contributed by atoms with E-state index in [1.807, 2.05) is 18.3 Å². The van der Waals surface area contributed by atoms with Gasteiger partial charge in [-0.2, -0.15) is 0 Å². The lowest BCUT2D eigenvalue weighted by molar-refractivity contribution is -0.137. The number of hydrogen-bond acceptors (Lipinski definition) is 2. The molecule has 3 nitrogen and oxygen atoms in total. The minimum atomic E-state index is -0.716.